The lowest BCUT2D eigenvalue weighted by atomic mass is 9.94. The smallest absolute Gasteiger partial charge is 0.120 e. The highest BCUT2D eigenvalue weighted by atomic mass is 16.3. The van der Waals surface area contributed by atoms with Crippen molar-refractivity contribution in [2.45, 2.75) is 45.4 Å². The predicted octanol–water partition coefficient (Wildman–Crippen LogP) is 1.78. The van der Waals surface area contributed by atoms with E-state index in [1.807, 2.05) is 30.3 Å². The molecular weight excluding hydrogens is 254 g/mol. The molecule has 0 aliphatic heterocycles. The van der Waals surface area contributed by atoms with E-state index in [-0.39, 0.29) is 0 Å². The van der Waals surface area contributed by atoms with Crippen LogP contribution in [0.2, 0.25) is 0 Å². The summed E-state index contributed by atoms with van der Waals surface area (Å²) in [6, 6.07) is 9.82. The fraction of sp³-hybridized carbons (Fsp3) is 0.467. The van der Waals surface area contributed by atoms with Crippen LogP contribution in [-0.2, 0) is 17.7 Å². The quantitative estimate of drug-likeness (QED) is 0.892. The Labute approximate surface area is 118 Å². The lowest BCUT2D eigenvalue weighted by Gasteiger charge is -2.24. The van der Waals surface area contributed by atoms with Gasteiger partial charge in [0.05, 0.1) is 12.2 Å². The van der Waals surface area contributed by atoms with Gasteiger partial charge in [-0.15, -0.1) is 5.10 Å². The van der Waals surface area contributed by atoms with Crippen molar-refractivity contribution in [2.75, 3.05) is 0 Å². The van der Waals surface area contributed by atoms with E-state index < -0.39 is 11.2 Å². The Morgan fingerprint density at radius 3 is 2.10 bits per heavy atom. The van der Waals surface area contributed by atoms with Crippen molar-refractivity contribution >= 4 is 0 Å². The van der Waals surface area contributed by atoms with Crippen LogP contribution in [0.5, 0.6) is 0 Å². The van der Waals surface area contributed by atoms with E-state index in [9.17, 15) is 10.2 Å². The standard InChI is InChI=1S/C15H21N3O2/c1-14(2,19)12-13(15(3,4)20)18(17-16-12)10-11-8-6-5-7-9-11/h5-9,19-20H,10H2,1-4H3. The fourth-order valence-electron chi connectivity index (χ4n) is 2.20. The van der Waals surface area contributed by atoms with Gasteiger partial charge >= 0.3 is 0 Å². The van der Waals surface area contributed by atoms with Gasteiger partial charge in [-0.2, -0.15) is 0 Å². The zero-order valence-corrected chi connectivity index (χ0v) is 12.3. The minimum absolute atomic E-state index is 0.404. The van der Waals surface area contributed by atoms with Crippen LogP contribution >= 0.6 is 0 Å². The molecular formula is C15H21N3O2. The average molecular weight is 275 g/mol. The van der Waals surface area contributed by atoms with Gasteiger partial charge in [0.15, 0.2) is 0 Å². The molecule has 2 rings (SSSR count). The Hall–Kier alpha value is -1.72. The van der Waals surface area contributed by atoms with Gasteiger partial charge in [0, 0.05) is 0 Å². The van der Waals surface area contributed by atoms with Gasteiger partial charge in [0.1, 0.15) is 16.9 Å². The summed E-state index contributed by atoms with van der Waals surface area (Å²) in [4.78, 5) is 0. The number of hydrogen-bond donors (Lipinski definition) is 2. The highest BCUT2D eigenvalue weighted by Crippen LogP contribution is 2.29. The van der Waals surface area contributed by atoms with Crippen LogP contribution in [0.1, 0.15) is 44.6 Å². The Morgan fingerprint density at radius 2 is 1.60 bits per heavy atom. The van der Waals surface area contributed by atoms with Gasteiger partial charge in [0.2, 0.25) is 0 Å². The van der Waals surface area contributed by atoms with Crippen molar-refractivity contribution in [3.05, 3.63) is 47.3 Å². The molecule has 0 unspecified atom stereocenters. The first-order valence-corrected chi connectivity index (χ1v) is 6.62. The summed E-state index contributed by atoms with van der Waals surface area (Å²) >= 11 is 0. The number of benzene rings is 1. The summed E-state index contributed by atoms with van der Waals surface area (Å²) in [6.07, 6.45) is 0. The van der Waals surface area contributed by atoms with Crippen LogP contribution in [0, 0.1) is 0 Å². The van der Waals surface area contributed by atoms with Crippen molar-refractivity contribution in [2.24, 2.45) is 0 Å². The van der Waals surface area contributed by atoms with Crippen molar-refractivity contribution in [1.82, 2.24) is 15.0 Å². The van der Waals surface area contributed by atoms with Gasteiger partial charge in [-0.25, -0.2) is 4.68 Å². The Balaban J connectivity index is 2.47. The van der Waals surface area contributed by atoms with Crippen LogP contribution < -0.4 is 0 Å². The molecule has 0 saturated carbocycles. The molecule has 0 spiro atoms. The van der Waals surface area contributed by atoms with Crippen LogP contribution in [0.4, 0.5) is 0 Å². The van der Waals surface area contributed by atoms with E-state index >= 15 is 0 Å². The molecule has 0 atom stereocenters. The maximum atomic E-state index is 10.4. The number of hydrogen-bond acceptors (Lipinski definition) is 4. The van der Waals surface area contributed by atoms with E-state index in [2.05, 4.69) is 10.3 Å². The molecule has 2 N–H and O–H groups in total. The van der Waals surface area contributed by atoms with Crippen LogP contribution in [-0.4, -0.2) is 25.2 Å². The molecule has 1 aromatic heterocycles. The molecule has 2 aromatic rings. The minimum Gasteiger partial charge on any atom is -0.384 e. The maximum Gasteiger partial charge on any atom is 0.120 e. The third-order valence-corrected chi connectivity index (χ3v) is 3.07. The van der Waals surface area contributed by atoms with Crippen molar-refractivity contribution in [3.8, 4) is 0 Å². The third-order valence-electron chi connectivity index (χ3n) is 3.07. The molecule has 20 heavy (non-hydrogen) atoms. The van der Waals surface area contributed by atoms with Crippen molar-refractivity contribution in [1.29, 1.82) is 0 Å². The normalized spacial score (nSPS) is 12.7. The second-order valence-electron chi connectivity index (χ2n) is 6.05. The average Bonchev–Trinajstić information content (AvgIpc) is 2.73. The molecule has 1 heterocycles. The summed E-state index contributed by atoms with van der Waals surface area (Å²) in [5.74, 6) is 0. The van der Waals surface area contributed by atoms with Gasteiger partial charge in [-0.05, 0) is 33.3 Å². The Kier molecular flexibility index (Phi) is 3.67. The lowest BCUT2D eigenvalue weighted by molar-refractivity contribution is 0.0446. The predicted molar refractivity (Wildman–Crippen MR) is 76.1 cm³/mol. The maximum absolute atomic E-state index is 10.4. The second-order valence-corrected chi connectivity index (χ2v) is 6.05. The first-order chi connectivity index (χ1) is 9.19. The van der Waals surface area contributed by atoms with Gasteiger partial charge < -0.3 is 10.2 Å². The summed E-state index contributed by atoms with van der Waals surface area (Å²) in [7, 11) is 0. The van der Waals surface area contributed by atoms with Crippen LogP contribution in [0.25, 0.3) is 0 Å². The number of aromatic nitrogens is 3. The van der Waals surface area contributed by atoms with E-state index in [1.54, 1.807) is 32.4 Å². The molecule has 0 aliphatic rings. The first-order valence-electron chi connectivity index (χ1n) is 6.62. The zero-order valence-electron chi connectivity index (χ0n) is 12.3. The zero-order chi connectivity index (χ0) is 15.0. The molecule has 5 heteroatoms. The largest absolute Gasteiger partial charge is 0.384 e. The van der Waals surface area contributed by atoms with Crippen LogP contribution in [0.15, 0.2) is 30.3 Å². The van der Waals surface area contributed by atoms with Crippen molar-refractivity contribution in [3.63, 3.8) is 0 Å². The minimum atomic E-state index is -1.15. The molecule has 0 aliphatic carbocycles. The number of rotatable bonds is 4. The van der Waals surface area contributed by atoms with Gasteiger partial charge in [-0.1, -0.05) is 35.5 Å². The molecule has 0 amide bonds. The number of aliphatic hydroxyl groups is 2. The molecule has 108 valence electrons. The summed E-state index contributed by atoms with van der Waals surface area (Å²) < 4.78 is 1.64. The lowest BCUT2D eigenvalue weighted by Crippen LogP contribution is -2.28. The SMILES string of the molecule is CC(C)(O)c1nnn(Cc2ccccc2)c1C(C)(C)O. The summed E-state index contributed by atoms with van der Waals surface area (Å²) in [6.45, 7) is 7.12. The third kappa shape index (κ3) is 3.05. The Bertz CT molecular complexity index is 577. The Morgan fingerprint density at radius 1 is 1.00 bits per heavy atom. The van der Waals surface area contributed by atoms with E-state index in [0.29, 0.717) is 17.9 Å². The van der Waals surface area contributed by atoms with Crippen LogP contribution in [0.3, 0.4) is 0 Å². The van der Waals surface area contributed by atoms with Gasteiger partial charge in [-0.3, -0.25) is 0 Å². The highest BCUT2D eigenvalue weighted by Gasteiger charge is 2.34. The molecule has 5 nitrogen and oxygen atoms in total. The number of nitrogens with zero attached hydrogens (tertiary/aromatic N) is 3. The van der Waals surface area contributed by atoms with E-state index in [0.717, 1.165) is 5.56 Å². The summed E-state index contributed by atoms with van der Waals surface area (Å²) in [5.41, 5.74) is -0.280. The molecule has 0 fully saturated rings. The highest BCUT2D eigenvalue weighted by molar-refractivity contribution is 5.24. The van der Waals surface area contributed by atoms with Gasteiger partial charge in [0.25, 0.3) is 0 Å². The molecule has 0 radical (unpaired) electrons. The molecule has 1 aromatic carbocycles. The molecule has 0 bridgehead atoms. The van der Waals surface area contributed by atoms with E-state index in [1.165, 1.54) is 0 Å². The molecule has 0 saturated heterocycles. The van der Waals surface area contributed by atoms with E-state index in [4.69, 9.17) is 0 Å². The second kappa shape index (κ2) is 5.00. The fourth-order valence-corrected chi connectivity index (χ4v) is 2.20. The van der Waals surface area contributed by atoms with Crippen molar-refractivity contribution < 1.29 is 10.2 Å². The topological polar surface area (TPSA) is 71.2 Å². The first kappa shape index (κ1) is 14.7. The monoisotopic (exact) mass is 275 g/mol. The summed E-state index contributed by atoms with van der Waals surface area (Å²) in [5, 5.41) is 28.7.